The van der Waals surface area contributed by atoms with Gasteiger partial charge >= 0.3 is 5.97 Å². The second-order valence-corrected chi connectivity index (χ2v) is 2.89. The Balaban J connectivity index is 0.000000280. The Morgan fingerprint density at radius 3 is 2.20 bits per heavy atom. The number of allylic oxidation sites excluding steroid dienone is 4. The summed E-state index contributed by atoms with van der Waals surface area (Å²) in [4.78, 5) is 10.0. The Morgan fingerprint density at radius 1 is 1.40 bits per heavy atom. The van der Waals surface area contributed by atoms with Crippen molar-refractivity contribution in [1.29, 1.82) is 0 Å². The number of nitrogens with one attached hydrogen (secondary N) is 1. The molecule has 3 nitrogen and oxygen atoms in total. The van der Waals surface area contributed by atoms with Gasteiger partial charge in [0, 0.05) is 6.54 Å². The molecule has 2 N–H and O–H groups in total. The van der Waals surface area contributed by atoms with E-state index in [1.807, 2.05) is 0 Å². The number of carboxylic acids is 1. The standard InChI is InChI=1S/C6H9NO2.C6H8/c1-3-4-7-5(2)6(8)9;1-2-4-6-5-3-1/h3,7H,1-2,4H2,(H,8,9);1-4H,5-6H2. The van der Waals surface area contributed by atoms with Gasteiger partial charge in [0.15, 0.2) is 0 Å². The van der Waals surface area contributed by atoms with E-state index in [1.54, 1.807) is 6.08 Å². The van der Waals surface area contributed by atoms with Crippen LogP contribution in [-0.4, -0.2) is 17.6 Å². The maximum atomic E-state index is 10.0. The van der Waals surface area contributed by atoms with Crippen LogP contribution in [0.3, 0.4) is 0 Å². The van der Waals surface area contributed by atoms with Crippen LogP contribution in [0.2, 0.25) is 0 Å². The van der Waals surface area contributed by atoms with Gasteiger partial charge in [-0.05, 0) is 12.8 Å². The Labute approximate surface area is 90.5 Å². The van der Waals surface area contributed by atoms with Gasteiger partial charge in [-0.2, -0.15) is 0 Å². The first kappa shape index (κ1) is 13.2. The van der Waals surface area contributed by atoms with Crippen LogP contribution in [0.1, 0.15) is 12.8 Å². The third-order valence-corrected chi connectivity index (χ3v) is 1.60. The zero-order chi connectivity index (χ0) is 11.5. The number of aliphatic carboxylic acids is 1. The van der Waals surface area contributed by atoms with E-state index in [-0.39, 0.29) is 5.70 Å². The Morgan fingerprint density at radius 2 is 1.93 bits per heavy atom. The van der Waals surface area contributed by atoms with Crippen LogP contribution in [0.4, 0.5) is 0 Å². The minimum atomic E-state index is -1.03. The average molecular weight is 207 g/mol. The van der Waals surface area contributed by atoms with Gasteiger partial charge in [-0.1, -0.05) is 37.0 Å². The molecule has 0 saturated carbocycles. The number of hydrogen-bond acceptors (Lipinski definition) is 2. The molecule has 0 heterocycles. The Kier molecular flexibility index (Phi) is 7.77. The summed E-state index contributed by atoms with van der Waals surface area (Å²) in [5.41, 5.74) is -0.00472. The van der Waals surface area contributed by atoms with Gasteiger partial charge in [0.2, 0.25) is 0 Å². The molecule has 0 radical (unpaired) electrons. The molecule has 0 aromatic carbocycles. The van der Waals surface area contributed by atoms with Crippen LogP contribution in [0.25, 0.3) is 0 Å². The van der Waals surface area contributed by atoms with Gasteiger partial charge in [0.25, 0.3) is 0 Å². The quantitative estimate of drug-likeness (QED) is 0.549. The van der Waals surface area contributed by atoms with Gasteiger partial charge in [-0.15, -0.1) is 6.58 Å². The van der Waals surface area contributed by atoms with E-state index in [0.29, 0.717) is 6.54 Å². The Hall–Kier alpha value is -1.77. The summed E-state index contributed by atoms with van der Waals surface area (Å²) in [6.45, 7) is 7.06. The van der Waals surface area contributed by atoms with Crippen molar-refractivity contribution in [2.75, 3.05) is 6.54 Å². The predicted molar refractivity (Wildman–Crippen MR) is 62.5 cm³/mol. The summed E-state index contributed by atoms with van der Waals surface area (Å²) in [6, 6.07) is 0. The van der Waals surface area contributed by atoms with Gasteiger partial charge in [-0.25, -0.2) is 4.79 Å². The minimum absolute atomic E-state index is 0.00472. The molecule has 0 aromatic heterocycles. The van der Waals surface area contributed by atoms with E-state index in [4.69, 9.17) is 5.11 Å². The van der Waals surface area contributed by atoms with Gasteiger partial charge in [0.1, 0.15) is 5.70 Å². The molecule has 0 aliphatic heterocycles. The molecule has 0 bridgehead atoms. The van der Waals surface area contributed by atoms with Crippen molar-refractivity contribution in [3.05, 3.63) is 49.2 Å². The van der Waals surface area contributed by atoms with Crippen molar-refractivity contribution >= 4 is 5.97 Å². The van der Waals surface area contributed by atoms with Crippen LogP contribution in [0.15, 0.2) is 49.2 Å². The van der Waals surface area contributed by atoms with Crippen molar-refractivity contribution in [1.82, 2.24) is 5.32 Å². The lowest BCUT2D eigenvalue weighted by atomic mass is 10.2. The molecule has 0 saturated heterocycles. The SMILES string of the molecule is C1=CCCC=C1.C=CCNC(=C)C(=O)O. The molecule has 82 valence electrons. The topological polar surface area (TPSA) is 49.3 Å². The third-order valence-electron chi connectivity index (χ3n) is 1.60. The average Bonchev–Trinajstić information content (AvgIpc) is 2.29. The van der Waals surface area contributed by atoms with Gasteiger partial charge in [0.05, 0.1) is 0 Å². The summed E-state index contributed by atoms with van der Waals surface area (Å²) in [6.07, 6.45) is 12.6. The summed E-state index contributed by atoms with van der Waals surface area (Å²) in [7, 11) is 0. The van der Waals surface area contributed by atoms with Crippen molar-refractivity contribution in [2.24, 2.45) is 0 Å². The molecule has 0 atom stereocenters. The van der Waals surface area contributed by atoms with Crippen molar-refractivity contribution < 1.29 is 9.90 Å². The highest BCUT2D eigenvalue weighted by Gasteiger charge is 1.98. The first-order valence-corrected chi connectivity index (χ1v) is 4.77. The lowest BCUT2D eigenvalue weighted by molar-refractivity contribution is -0.133. The summed E-state index contributed by atoms with van der Waals surface area (Å²) >= 11 is 0. The largest absolute Gasteiger partial charge is 0.477 e. The van der Waals surface area contributed by atoms with Crippen molar-refractivity contribution in [2.45, 2.75) is 12.8 Å². The maximum absolute atomic E-state index is 10.0. The predicted octanol–water partition coefficient (Wildman–Crippen LogP) is 2.25. The molecule has 15 heavy (non-hydrogen) atoms. The smallest absolute Gasteiger partial charge is 0.351 e. The second kappa shape index (κ2) is 8.81. The van der Waals surface area contributed by atoms with E-state index in [2.05, 4.69) is 42.8 Å². The molecule has 3 heteroatoms. The Bertz CT molecular complexity index is 265. The molecular formula is C12H17NO2. The minimum Gasteiger partial charge on any atom is -0.477 e. The maximum Gasteiger partial charge on any atom is 0.351 e. The van der Waals surface area contributed by atoms with E-state index in [9.17, 15) is 4.79 Å². The van der Waals surface area contributed by atoms with E-state index in [1.165, 1.54) is 12.8 Å². The van der Waals surface area contributed by atoms with Crippen LogP contribution in [0.5, 0.6) is 0 Å². The highest BCUT2D eigenvalue weighted by atomic mass is 16.4. The number of carbonyl (C=O) groups is 1. The first-order valence-electron chi connectivity index (χ1n) is 4.77. The van der Waals surface area contributed by atoms with Crippen LogP contribution in [-0.2, 0) is 4.79 Å². The molecule has 1 rings (SSSR count). The number of rotatable bonds is 4. The summed E-state index contributed by atoms with van der Waals surface area (Å²) in [5.74, 6) is -1.03. The van der Waals surface area contributed by atoms with E-state index < -0.39 is 5.97 Å². The molecule has 0 amide bonds. The fourth-order valence-corrected chi connectivity index (χ4v) is 0.813. The van der Waals surface area contributed by atoms with Crippen molar-refractivity contribution in [3.63, 3.8) is 0 Å². The molecule has 1 aliphatic carbocycles. The molecular weight excluding hydrogens is 190 g/mol. The van der Waals surface area contributed by atoms with Crippen molar-refractivity contribution in [3.8, 4) is 0 Å². The monoisotopic (exact) mass is 207 g/mol. The van der Waals surface area contributed by atoms with Gasteiger partial charge < -0.3 is 10.4 Å². The molecule has 0 spiro atoms. The number of carboxylic acid groups (broad SMARTS) is 1. The van der Waals surface area contributed by atoms with Crippen LogP contribution < -0.4 is 5.32 Å². The third kappa shape index (κ3) is 8.56. The first-order chi connectivity index (χ1) is 7.18. The molecule has 0 aromatic rings. The van der Waals surface area contributed by atoms with E-state index in [0.717, 1.165) is 0 Å². The van der Waals surface area contributed by atoms with Crippen LogP contribution in [0, 0.1) is 0 Å². The zero-order valence-electron chi connectivity index (χ0n) is 8.78. The summed E-state index contributed by atoms with van der Waals surface area (Å²) in [5, 5.41) is 10.7. The molecule has 1 aliphatic rings. The molecule has 0 fully saturated rings. The van der Waals surface area contributed by atoms with Gasteiger partial charge in [-0.3, -0.25) is 0 Å². The van der Waals surface area contributed by atoms with E-state index >= 15 is 0 Å². The van der Waals surface area contributed by atoms with Crippen LogP contribution >= 0.6 is 0 Å². The number of hydrogen-bond donors (Lipinski definition) is 2. The fraction of sp³-hybridized carbons (Fsp3) is 0.250. The highest BCUT2D eigenvalue weighted by Crippen LogP contribution is 1.98. The lowest BCUT2D eigenvalue weighted by Gasteiger charge is -1.98. The normalized spacial score (nSPS) is 12.3. The summed E-state index contributed by atoms with van der Waals surface area (Å²) < 4.78 is 0. The molecule has 0 unspecified atom stereocenters. The zero-order valence-corrected chi connectivity index (χ0v) is 8.78. The lowest BCUT2D eigenvalue weighted by Crippen LogP contribution is -2.18. The fourth-order valence-electron chi connectivity index (χ4n) is 0.813. The highest BCUT2D eigenvalue weighted by molar-refractivity contribution is 5.84. The second-order valence-electron chi connectivity index (χ2n) is 2.89.